The number of halogens is 1. The number of pyridine rings is 1. The molecule has 0 saturated heterocycles. The zero-order valence-corrected chi connectivity index (χ0v) is 16.9. The normalized spacial score (nSPS) is 18.3. The molecule has 3 N–H and O–H groups in total. The van der Waals surface area contributed by atoms with Gasteiger partial charge in [0, 0.05) is 29.8 Å². The summed E-state index contributed by atoms with van der Waals surface area (Å²) >= 11 is 0. The van der Waals surface area contributed by atoms with Gasteiger partial charge in [-0.15, -0.1) is 0 Å². The summed E-state index contributed by atoms with van der Waals surface area (Å²) in [5, 5.41) is 5.96. The number of H-pyrrole nitrogens is 1. The van der Waals surface area contributed by atoms with Gasteiger partial charge in [0.25, 0.3) is 5.91 Å². The molecule has 1 amide bonds. The molecule has 1 fully saturated rings. The van der Waals surface area contributed by atoms with Crippen molar-refractivity contribution in [2.45, 2.75) is 25.7 Å². The summed E-state index contributed by atoms with van der Waals surface area (Å²) in [6.45, 7) is 3.20. The van der Waals surface area contributed by atoms with E-state index in [0.29, 0.717) is 41.6 Å². The third kappa shape index (κ3) is 2.98. The van der Waals surface area contributed by atoms with Crippen LogP contribution in [0.1, 0.15) is 41.4 Å². The van der Waals surface area contributed by atoms with Crippen molar-refractivity contribution < 1.29 is 13.9 Å². The molecule has 3 aliphatic rings. The van der Waals surface area contributed by atoms with Crippen LogP contribution in [0.15, 0.2) is 24.5 Å². The predicted molar refractivity (Wildman–Crippen MR) is 115 cm³/mol. The molecule has 0 radical (unpaired) electrons. The van der Waals surface area contributed by atoms with Crippen molar-refractivity contribution >= 4 is 28.9 Å². The molecule has 156 valence electrons. The second-order valence-corrected chi connectivity index (χ2v) is 8.14. The van der Waals surface area contributed by atoms with Gasteiger partial charge in [-0.3, -0.25) is 4.79 Å². The van der Waals surface area contributed by atoms with E-state index in [1.807, 2.05) is 13.0 Å². The van der Waals surface area contributed by atoms with Crippen molar-refractivity contribution in [3.05, 3.63) is 53.0 Å². The van der Waals surface area contributed by atoms with Gasteiger partial charge in [-0.05, 0) is 49.1 Å². The zero-order valence-electron chi connectivity index (χ0n) is 16.9. The molecule has 1 saturated carbocycles. The summed E-state index contributed by atoms with van der Waals surface area (Å²) in [7, 11) is 0. The lowest BCUT2D eigenvalue weighted by atomic mass is 9.96. The zero-order chi connectivity index (χ0) is 21.1. The Kier molecular flexibility index (Phi) is 3.89. The van der Waals surface area contributed by atoms with Gasteiger partial charge >= 0.3 is 0 Å². The number of anilines is 2. The van der Waals surface area contributed by atoms with Crippen LogP contribution in [0.2, 0.25) is 0 Å². The minimum absolute atomic E-state index is 0.201. The Morgan fingerprint density at radius 1 is 1.16 bits per heavy atom. The van der Waals surface area contributed by atoms with Gasteiger partial charge in [-0.25, -0.2) is 14.4 Å². The van der Waals surface area contributed by atoms with Crippen LogP contribution in [0.25, 0.3) is 22.8 Å². The standard InChI is InChI=1S/C23H20FN5O2/c1-11-17(10-27-23-19(11)25-4-5-31-23)13-6-15-16(22(30)29-20(15)18(24)7-13)8-14-9-26-21(28-14)12-2-3-12/h6-10,12,25H,2-5H2,1H3,(H,26,28)(H,29,30). The SMILES string of the molecule is Cc1c(-c2cc(F)c3c(c2)C(=Cc2cnc(C4CC4)[nH]2)C(=O)N3)cnc2c1NCCO2. The van der Waals surface area contributed by atoms with E-state index < -0.39 is 5.82 Å². The maximum absolute atomic E-state index is 15.0. The van der Waals surface area contributed by atoms with E-state index in [9.17, 15) is 9.18 Å². The molecule has 2 aliphatic heterocycles. The Morgan fingerprint density at radius 3 is 2.87 bits per heavy atom. The molecule has 6 rings (SSSR count). The monoisotopic (exact) mass is 417 g/mol. The molecule has 7 nitrogen and oxygen atoms in total. The number of aromatic amines is 1. The van der Waals surface area contributed by atoms with Crippen molar-refractivity contribution in [1.29, 1.82) is 0 Å². The fourth-order valence-corrected chi connectivity index (χ4v) is 4.20. The topological polar surface area (TPSA) is 91.9 Å². The van der Waals surface area contributed by atoms with Gasteiger partial charge in [0.15, 0.2) is 0 Å². The van der Waals surface area contributed by atoms with Gasteiger partial charge in [0.05, 0.1) is 23.2 Å². The van der Waals surface area contributed by atoms with Gasteiger partial charge in [-0.1, -0.05) is 0 Å². The smallest absolute Gasteiger partial charge is 0.256 e. The largest absolute Gasteiger partial charge is 0.474 e. The highest BCUT2D eigenvalue weighted by atomic mass is 19.1. The van der Waals surface area contributed by atoms with Gasteiger partial charge in [0.1, 0.15) is 23.9 Å². The Bertz CT molecular complexity index is 1280. The number of hydrogen-bond donors (Lipinski definition) is 3. The summed E-state index contributed by atoms with van der Waals surface area (Å²) in [4.78, 5) is 24.7. The van der Waals surface area contributed by atoms with Crippen molar-refractivity contribution in [3.8, 4) is 17.0 Å². The highest BCUT2D eigenvalue weighted by molar-refractivity contribution is 6.35. The molecule has 31 heavy (non-hydrogen) atoms. The lowest BCUT2D eigenvalue weighted by Gasteiger charge is -2.21. The summed E-state index contributed by atoms with van der Waals surface area (Å²) in [6.07, 6.45) is 7.41. The highest BCUT2D eigenvalue weighted by Crippen LogP contribution is 2.42. The molecule has 3 aromatic rings. The van der Waals surface area contributed by atoms with Gasteiger partial charge in [0.2, 0.25) is 5.88 Å². The minimum Gasteiger partial charge on any atom is -0.474 e. The van der Waals surface area contributed by atoms with E-state index in [1.54, 1.807) is 18.5 Å². The summed E-state index contributed by atoms with van der Waals surface area (Å²) in [6, 6.07) is 3.27. The maximum Gasteiger partial charge on any atom is 0.256 e. The summed E-state index contributed by atoms with van der Waals surface area (Å²) in [5.74, 6) is 1.17. The molecular weight excluding hydrogens is 397 g/mol. The number of amides is 1. The van der Waals surface area contributed by atoms with E-state index >= 15 is 0 Å². The van der Waals surface area contributed by atoms with Crippen LogP contribution in [0.5, 0.6) is 5.88 Å². The van der Waals surface area contributed by atoms with Crippen LogP contribution in [-0.4, -0.2) is 34.0 Å². The van der Waals surface area contributed by atoms with Crippen molar-refractivity contribution in [2.75, 3.05) is 23.8 Å². The van der Waals surface area contributed by atoms with Crippen molar-refractivity contribution in [2.24, 2.45) is 0 Å². The van der Waals surface area contributed by atoms with Crippen LogP contribution in [0.4, 0.5) is 15.8 Å². The summed E-state index contributed by atoms with van der Waals surface area (Å²) < 4.78 is 20.6. The molecular formula is C23H20FN5O2. The Balaban J connectivity index is 1.44. The molecule has 0 unspecified atom stereocenters. The van der Waals surface area contributed by atoms with Crippen LogP contribution < -0.4 is 15.4 Å². The number of rotatable bonds is 3. The third-order valence-corrected chi connectivity index (χ3v) is 6.00. The predicted octanol–water partition coefficient (Wildman–Crippen LogP) is 4.09. The highest BCUT2D eigenvalue weighted by Gasteiger charge is 2.30. The van der Waals surface area contributed by atoms with Crippen LogP contribution in [-0.2, 0) is 4.79 Å². The van der Waals surface area contributed by atoms with Crippen LogP contribution in [0, 0.1) is 12.7 Å². The molecule has 1 aromatic carbocycles. The maximum atomic E-state index is 15.0. The average Bonchev–Trinajstić information content (AvgIpc) is 3.44. The van der Waals surface area contributed by atoms with E-state index in [2.05, 4.69) is 25.6 Å². The minimum atomic E-state index is -0.478. The quantitative estimate of drug-likeness (QED) is 0.558. The second-order valence-electron chi connectivity index (χ2n) is 8.14. The molecule has 0 atom stereocenters. The Hall–Kier alpha value is -3.68. The first kappa shape index (κ1) is 18.1. The number of carbonyl (C=O) groups excluding carboxylic acids is 1. The Labute approximate surface area is 177 Å². The fourth-order valence-electron chi connectivity index (χ4n) is 4.20. The third-order valence-electron chi connectivity index (χ3n) is 6.00. The van der Waals surface area contributed by atoms with E-state index in [4.69, 9.17) is 4.74 Å². The molecule has 0 spiro atoms. The molecule has 0 bridgehead atoms. The fraction of sp³-hybridized carbons (Fsp3) is 0.261. The first-order chi connectivity index (χ1) is 15.1. The van der Waals surface area contributed by atoms with Gasteiger partial charge < -0.3 is 20.4 Å². The van der Waals surface area contributed by atoms with Crippen LogP contribution in [0.3, 0.4) is 0 Å². The number of fused-ring (bicyclic) bond motifs is 2. The number of nitrogens with zero attached hydrogens (tertiary/aromatic N) is 2. The average molecular weight is 417 g/mol. The summed E-state index contributed by atoms with van der Waals surface area (Å²) in [5.41, 5.74) is 5.06. The molecule has 8 heteroatoms. The van der Waals surface area contributed by atoms with Crippen LogP contribution >= 0.6 is 0 Å². The van der Waals surface area contributed by atoms with E-state index in [-0.39, 0.29) is 11.6 Å². The molecule has 2 aromatic heterocycles. The first-order valence-corrected chi connectivity index (χ1v) is 10.4. The Morgan fingerprint density at radius 2 is 2.03 bits per heavy atom. The molecule has 1 aliphatic carbocycles. The van der Waals surface area contributed by atoms with Crippen molar-refractivity contribution in [3.63, 3.8) is 0 Å². The lowest BCUT2D eigenvalue weighted by Crippen LogP contribution is -2.20. The number of hydrogen-bond acceptors (Lipinski definition) is 5. The number of nitrogens with one attached hydrogen (secondary N) is 3. The number of carbonyl (C=O) groups is 1. The van der Waals surface area contributed by atoms with E-state index in [1.165, 1.54) is 6.07 Å². The first-order valence-electron chi connectivity index (χ1n) is 10.4. The lowest BCUT2D eigenvalue weighted by molar-refractivity contribution is -0.110. The second kappa shape index (κ2) is 6.66. The van der Waals surface area contributed by atoms with Gasteiger partial charge in [-0.2, -0.15) is 0 Å². The van der Waals surface area contributed by atoms with Crippen molar-refractivity contribution in [1.82, 2.24) is 15.0 Å². The number of imidazole rings is 1. The van der Waals surface area contributed by atoms with E-state index in [0.717, 1.165) is 41.2 Å². The molecule has 4 heterocycles. The number of ether oxygens (including phenoxy) is 1. The number of benzene rings is 1. The number of aromatic nitrogens is 3.